The number of rotatable bonds is 5. The second kappa shape index (κ2) is 5.05. The summed E-state index contributed by atoms with van der Waals surface area (Å²) in [6.45, 7) is 1.80. The molecule has 0 bridgehead atoms. The first kappa shape index (κ1) is 13.6. The highest BCUT2D eigenvalue weighted by atomic mass is 32.2. The number of carbonyl (C=O) groups is 1. The van der Waals surface area contributed by atoms with Gasteiger partial charge in [-0.3, -0.25) is 4.72 Å². The third-order valence-corrected chi connectivity index (χ3v) is 4.77. The van der Waals surface area contributed by atoms with Gasteiger partial charge in [-0.15, -0.1) is 0 Å². The van der Waals surface area contributed by atoms with E-state index >= 15 is 0 Å². The third kappa shape index (κ3) is 3.57. The van der Waals surface area contributed by atoms with Gasteiger partial charge in [0.15, 0.2) is 0 Å². The van der Waals surface area contributed by atoms with Crippen LogP contribution in [-0.4, -0.2) is 24.7 Å². The van der Waals surface area contributed by atoms with Gasteiger partial charge in [-0.05, 0) is 49.1 Å². The summed E-state index contributed by atoms with van der Waals surface area (Å²) in [5, 5.41) is 8.30. The summed E-state index contributed by atoms with van der Waals surface area (Å²) in [6, 6.07) is 5.02. The van der Waals surface area contributed by atoms with E-state index in [2.05, 4.69) is 4.72 Å². The predicted octanol–water partition coefficient (Wildman–Crippen LogP) is 2.00. The first-order chi connectivity index (χ1) is 8.88. The molecule has 0 unspecified atom stereocenters. The molecule has 1 saturated carbocycles. The fourth-order valence-corrected chi connectivity index (χ4v) is 3.09. The van der Waals surface area contributed by atoms with Crippen LogP contribution in [0, 0.1) is 6.92 Å². The molecule has 0 amide bonds. The number of aliphatic carboxylic acids is 1. The van der Waals surface area contributed by atoms with Crippen molar-refractivity contribution in [2.24, 2.45) is 0 Å². The van der Waals surface area contributed by atoms with Crippen LogP contribution in [0.1, 0.15) is 24.0 Å². The van der Waals surface area contributed by atoms with E-state index < -0.39 is 16.0 Å². The van der Waals surface area contributed by atoms with Crippen LogP contribution in [-0.2, 0) is 14.8 Å². The first-order valence-corrected chi connectivity index (χ1v) is 7.46. The van der Waals surface area contributed by atoms with Crippen molar-refractivity contribution in [1.82, 2.24) is 0 Å². The van der Waals surface area contributed by atoms with E-state index in [4.69, 9.17) is 5.11 Å². The molecule has 1 fully saturated rings. The Morgan fingerprint density at radius 3 is 2.63 bits per heavy atom. The maximum atomic E-state index is 11.8. The zero-order valence-corrected chi connectivity index (χ0v) is 11.3. The van der Waals surface area contributed by atoms with Crippen molar-refractivity contribution >= 4 is 27.8 Å². The Morgan fingerprint density at radius 2 is 2.11 bits per heavy atom. The molecular formula is C13H15NO4S. The van der Waals surface area contributed by atoms with Crippen LogP contribution in [0.2, 0.25) is 0 Å². The van der Waals surface area contributed by atoms with Gasteiger partial charge in [-0.25, -0.2) is 13.2 Å². The van der Waals surface area contributed by atoms with Gasteiger partial charge in [0, 0.05) is 11.8 Å². The van der Waals surface area contributed by atoms with Crippen LogP contribution in [0.3, 0.4) is 0 Å². The van der Waals surface area contributed by atoms with Crippen molar-refractivity contribution in [3.8, 4) is 0 Å². The fourth-order valence-electron chi connectivity index (χ4n) is 1.71. The number of carboxylic acid groups (broad SMARTS) is 1. The minimum Gasteiger partial charge on any atom is -0.478 e. The molecule has 0 atom stereocenters. The van der Waals surface area contributed by atoms with E-state index in [-0.39, 0.29) is 5.25 Å². The van der Waals surface area contributed by atoms with Crippen LogP contribution >= 0.6 is 0 Å². The zero-order valence-electron chi connectivity index (χ0n) is 10.5. The van der Waals surface area contributed by atoms with Gasteiger partial charge in [0.2, 0.25) is 10.0 Å². The van der Waals surface area contributed by atoms with Crippen LogP contribution in [0.4, 0.5) is 5.69 Å². The van der Waals surface area contributed by atoms with E-state index in [0.29, 0.717) is 18.5 Å². The minimum atomic E-state index is -3.26. The molecule has 0 aromatic heterocycles. The lowest BCUT2D eigenvalue weighted by molar-refractivity contribution is -0.131. The smallest absolute Gasteiger partial charge is 0.328 e. The second-order valence-electron chi connectivity index (χ2n) is 4.59. The fraction of sp³-hybridized carbons (Fsp3) is 0.308. The summed E-state index contributed by atoms with van der Waals surface area (Å²) < 4.78 is 26.1. The Bertz CT molecular complexity index is 630. The minimum absolute atomic E-state index is 0.264. The van der Waals surface area contributed by atoms with Crippen LogP contribution in [0.25, 0.3) is 6.08 Å². The first-order valence-electron chi connectivity index (χ1n) is 5.92. The lowest BCUT2D eigenvalue weighted by Crippen LogP contribution is -2.17. The summed E-state index contributed by atoms with van der Waals surface area (Å²) >= 11 is 0. The number of carboxylic acids is 1. The Kier molecular flexibility index (Phi) is 3.61. The van der Waals surface area contributed by atoms with Crippen molar-refractivity contribution in [2.45, 2.75) is 25.0 Å². The highest BCUT2D eigenvalue weighted by molar-refractivity contribution is 7.93. The van der Waals surface area contributed by atoms with Crippen molar-refractivity contribution in [3.05, 3.63) is 35.4 Å². The van der Waals surface area contributed by atoms with Gasteiger partial charge < -0.3 is 5.11 Å². The third-order valence-electron chi connectivity index (χ3n) is 2.90. The van der Waals surface area contributed by atoms with Crippen molar-refractivity contribution in [3.63, 3.8) is 0 Å². The molecule has 0 spiro atoms. The van der Waals surface area contributed by atoms with Crippen LogP contribution in [0.5, 0.6) is 0 Å². The monoisotopic (exact) mass is 281 g/mol. The van der Waals surface area contributed by atoms with E-state index in [9.17, 15) is 13.2 Å². The molecular weight excluding hydrogens is 266 g/mol. The zero-order chi connectivity index (χ0) is 14.0. The molecule has 2 N–H and O–H groups in total. The van der Waals surface area contributed by atoms with Gasteiger partial charge in [0.05, 0.1) is 5.25 Å². The molecule has 0 aliphatic heterocycles. The van der Waals surface area contributed by atoms with E-state index in [0.717, 1.165) is 17.2 Å². The molecule has 5 nitrogen and oxygen atoms in total. The van der Waals surface area contributed by atoms with Gasteiger partial charge in [0.25, 0.3) is 0 Å². The highest BCUT2D eigenvalue weighted by Crippen LogP contribution is 2.30. The van der Waals surface area contributed by atoms with Crippen LogP contribution < -0.4 is 4.72 Å². The summed E-state index contributed by atoms with van der Waals surface area (Å²) in [7, 11) is -3.26. The van der Waals surface area contributed by atoms with Gasteiger partial charge in [-0.2, -0.15) is 0 Å². The largest absolute Gasteiger partial charge is 0.478 e. The molecule has 1 aromatic rings. The van der Waals surface area contributed by atoms with Gasteiger partial charge in [-0.1, -0.05) is 6.07 Å². The Labute approximate surface area is 112 Å². The number of hydrogen-bond acceptors (Lipinski definition) is 3. The van der Waals surface area contributed by atoms with Crippen molar-refractivity contribution in [1.29, 1.82) is 0 Å². The number of nitrogens with one attached hydrogen (secondary N) is 1. The summed E-state index contributed by atoms with van der Waals surface area (Å²) in [5.74, 6) is -1.02. The molecule has 1 aromatic carbocycles. The Balaban J connectivity index is 2.17. The van der Waals surface area contributed by atoms with Crippen molar-refractivity contribution < 1.29 is 18.3 Å². The van der Waals surface area contributed by atoms with E-state index in [1.165, 1.54) is 6.08 Å². The summed E-state index contributed by atoms with van der Waals surface area (Å²) in [4.78, 5) is 10.4. The molecule has 0 radical (unpaired) electrons. The molecule has 6 heteroatoms. The molecule has 2 rings (SSSR count). The molecule has 102 valence electrons. The summed E-state index contributed by atoms with van der Waals surface area (Å²) in [5.41, 5.74) is 2.07. The average molecular weight is 281 g/mol. The molecule has 19 heavy (non-hydrogen) atoms. The topological polar surface area (TPSA) is 83.5 Å². The van der Waals surface area contributed by atoms with E-state index in [1.807, 2.05) is 0 Å². The quantitative estimate of drug-likeness (QED) is 0.808. The molecule has 1 aliphatic carbocycles. The highest BCUT2D eigenvalue weighted by Gasteiger charge is 2.35. The molecule has 0 saturated heterocycles. The number of sulfonamides is 1. The normalized spacial score (nSPS) is 15.6. The van der Waals surface area contributed by atoms with Crippen molar-refractivity contribution in [2.75, 3.05) is 4.72 Å². The Hall–Kier alpha value is -1.82. The standard InChI is InChI=1S/C13H15NO4S/c1-9-8-11(14-19(17,18)12-5-6-12)4-2-10(9)3-7-13(15)16/h2-4,7-8,12,14H,5-6H2,1H3,(H,15,16). The molecule has 1 aliphatic rings. The number of anilines is 1. The maximum absolute atomic E-state index is 11.8. The van der Waals surface area contributed by atoms with Gasteiger partial charge >= 0.3 is 5.97 Å². The Morgan fingerprint density at radius 1 is 1.42 bits per heavy atom. The summed E-state index contributed by atoms with van der Waals surface area (Å²) in [6.07, 6.45) is 3.97. The van der Waals surface area contributed by atoms with Crippen LogP contribution in [0.15, 0.2) is 24.3 Å². The lowest BCUT2D eigenvalue weighted by atomic mass is 10.1. The number of benzene rings is 1. The lowest BCUT2D eigenvalue weighted by Gasteiger charge is -2.09. The number of hydrogen-bond donors (Lipinski definition) is 2. The maximum Gasteiger partial charge on any atom is 0.328 e. The average Bonchev–Trinajstić information content (AvgIpc) is 3.11. The van der Waals surface area contributed by atoms with Gasteiger partial charge in [0.1, 0.15) is 0 Å². The second-order valence-corrected chi connectivity index (χ2v) is 6.55. The van der Waals surface area contributed by atoms with E-state index in [1.54, 1.807) is 25.1 Å². The predicted molar refractivity (Wildman–Crippen MR) is 73.4 cm³/mol. The number of aryl methyl sites for hydroxylation is 1. The molecule has 0 heterocycles. The SMILES string of the molecule is Cc1cc(NS(=O)(=O)C2CC2)ccc1C=CC(=O)O.